The Morgan fingerprint density at radius 2 is 1.89 bits per heavy atom. The molecule has 2 aliphatic rings. The third-order valence-corrected chi connectivity index (χ3v) is 6.04. The molecule has 0 saturated carbocycles. The van der Waals surface area contributed by atoms with Crippen LogP contribution in [0, 0.1) is 5.92 Å². The molecule has 0 aromatic heterocycles. The molecule has 0 bridgehead atoms. The van der Waals surface area contributed by atoms with Crippen molar-refractivity contribution >= 4 is 10.0 Å². The van der Waals surface area contributed by atoms with Gasteiger partial charge in [0.15, 0.2) is 0 Å². The van der Waals surface area contributed by atoms with Crippen molar-refractivity contribution in [2.45, 2.75) is 30.2 Å². The first-order chi connectivity index (χ1) is 9.18. The Hall–Kier alpha value is -0.910. The van der Waals surface area contributed by atoms with E-state index in [9.17, 15) is 8.42 Å². The lowest BCUT2D eigenvalue weighted by atomic mass is 9.99. The van der Waals surface area contributed by atoms with Gasteiger partial charge in [-0.15, -0.1) is 0 Å². The van der Waals surface area contributed by atoms with Gasteiger partial charge in [-0.25, -0.2) is 8.42 Å². The molecule has 5 heteroatoms. The molecule has 19 heavy (non-hydrogen) atoms. The summed E-state index contributed by atoms with van der Waals surface area (Å²) in [5.41, 5.74) is 0. The molecule has 0 amide bonds. The summed E-state index contributed by atoms with van der Waals surface area (Å²) in [7, 11) is -3.32. The van der Waals surface area contributed by atoms with E-state index in [2.05, 4.69) is 5.32 Å². The molecule has 3 rings (SSSR count). The maximum atomic E-state index is 12.6. The second-order valence-corrected chi connectivity index (χ2v) is 7.39. The zero-order valence-corrected chi connectivity index (χ0v) is 11.8. The Balaban J connectivity index is 1.81. The van der Waals surface area contributed by atoms with Crippen molar-refractivity contribution < 1.29 is 8.42 Å². The van der Waals surface area contributed by atoms with E-state index in [0.29, 0.717) is 29.9 Å². The average molecular weight is 280 g/mol. The summed E-state index contributed by atoms with van der Waals surface area (Å²) in [6.45, 7) is 2.29. The van der Waals surface area contributed by atoms with E-state index >= 15 is 0 Å². The molecule has 1 N–H and O–H groups in total. The zero-order chi connectivity index (χ0) is 13.3. The van der Waals surface area contributed by atoms with Crippen LogP contribution in [0.25, 0.3) is 0 Å². The molecule has 2 saturated heterocycles. The summed E-state index contributed by atoms with van der Waals surface area (Å²) < 4.78 is 26.8. The molecule has 2 atom stereocenters. The molecule has 2 unspecified atom stereocenters. The van der Waals surface area contributed by atoms with Crippen molar-refractivity contribution in [3.8, 4) is 0 Å². The van der Waals surface area contributed by atoms with Gasteiger partial charge in [0.2, 0.25) is 10.0 Å². The second-order valence-electron chi connectivity index (χ2n) is 5.45. The van der Waals surface area contributed by atoms with Crippen LogP contribution in [0.2, 0.25) is 0 Å². The predicted molar refractivity (Wildman–Crippen MR) is 74.3 cm³/mol. The number of fused-ring (bicyclic) bond motifs is 1. The summed E-state index contributed by atoms with van der Waals surface area (Å²) in [4.78, 5) is 0.409. The molecular weight excluding hydrogens is 260 g/mol. The Morgan fingerprint density at radius 3 is 2.68 bits per heavy atom. The molecule has 104 valence electrons. The van der Waals surface area contributed by atoms with Crippen molar-refractivity contribution in [1.82, 2.24) is 9.62 Å². The average Bonchev–Trinajstić information content (AvgIpc) is 2.72. The summed E-state index contributed by atoms with van der Waals surface area (Å²) in [6, 6.07) is 9.09. The monoisotopic (exact) mass is 280 g/mol. The van der Waals surface area contributed by atoms with E-state index in [4.69, 9.17) is 0 Å². The second kappa shape index (κ2) is 5.23. The molecule has 4 nitrogen and oxygen atoms in total. The quantitative estimate of drug-likeness (QED) is 0.892. The van der Waals surface area contributed by atoms with Gasteiger partial charge < -0.3 is 5.32 Å². The zero-order valence-electron chi connectivity index (χ0n) is 11.0. The van der Waals surface area contributed by atoms with Crippen LogP contribution in [-0.4, -0.2) is 38.4 Å². The Kier molecular flexibility index (Phi) is 3.60. The van der Waals surface area contributed by atoms with Crippen LogP contribution in [0.1, 0.15) is 19.3 Å². The molecule has 0 radical (unpaired) electrons. The lowest BCUT2D eigenvalue weighted by molar-refractivity contribution is 0.436. The van der Waals surface area contributed by atoms with Gasteiger partial charge >= 0.3 is 0 Å². The first-order valence-corrected chi connectivity index (χ1v) is 8.40. The fraction of sp³-hybridized carbons (Fsp3) is 0.571. The molecule has 2 fully saturated rings. The third kappa shape index (κ3) is 2.55. The Labute approximate surface area is 114 Å². The first-order valence-electron chi connectivity index (χ1n) is 6.96. The number of hydrogen-bond donors (Lipinski definition) is 1. The SMILES string of the molecule is O=S(=O)(c1ccccc1)N1CC2CCCCNC2C1. The molecular formula is C14H20N2O2S. The summed E-state index contributed by atoms with van der Waals surface area (Å²) >= 11 is 0. The normalized spacial score (nSPS) is 28.8. The van der Waals surface area contributed by atoms with Gasteiger partial charge in [-0.1, -0.05) is 24.6 Å². The van der Waals surface area contributed by atoms with Gasteiger partial charge in [-0.2, -0.15) is 4.31 Å². The van der Waals surface area contributed by atoms with Crippen LogP contribution in [0.5, 0.6) is 0 Å². The number of nitrogens with zero attached hydrogens (tertiary/aromatic N) is 1. The number of sulfonamides is 1. The minimum Gasteiger partial charge on any atom is -0.312 e. The minimum atomic E-state index is -3.32. The number of nitrogens with one attached hydrogen (secondary N) is 1. The van der Waals surface area contributed by atoms with Crippen molar-refractivity contribution in [3.05, 3.63) is 30.3 Å². The predicted octanol–water partition coefficient (Wildman–Crippen LogP) is 1.45. The minimum absolute atomic E-state index is 0.334. The maximum absolute atomic E-state index is 12.6. The highest BCUT2D eigenvalue weighted by molar-refractivity contribution is 7.89. The van der Waals surface area contributed by atoms with Crippen LogP contribution in [-0.2, 0) is 10.0 Å². The van der Waals surface area contributed by atoms with Crippen LogP contribution in [0.15, 0.2) is 35.2 Å². The van der Waals surface area contributed by atoms with Crippen LogP contribution in [0.4, 0.5) is 0 Å². The molecule has 1 aromatic rings. The number of hydrogen-bond acceptors (Lipinski definition) is 3. The fourth-order valence-corrected chi connectivity index (χ4v) is 4.66. The van der Waals surface area contributed by atoms with Crippen molar-refractivity contribution in [2.75, 3.05) is 19.6 Å². The molecule has 0 aliphatic carbocycles. The molecule has 1 aromatic carbocycles. The van der Waals surface area contributed by atoms with Gasteiger partial charge in [0.05, 0.1) is 4.90 Å². The van der Waals surface area contributed by atoms with E-state index in [-0.39, 0.29) is 0 Å². The standard InChI is InChI=1S/C14H20N2O2S/c17-19(18,13-7-2-1-3-8-13)16-10-12-6-4-5-9-15-14(12)11-16/h1-3,7-8,12,14-15H,4-6,9-11H2. The third-order valence-electron chi connectivity index (χ3n) is 4.20. The van der Waals surface area contributed by atoms with Gasteiger partial charge in [-0.3, -0.25) is 0 Å². The van der Waals surface area contributed by atoms with Gasteiger partial charge in [0.25, 0.3) is 0 Å². The number of rotatable bonds is 2. The largest absolute Gasteiger partial charge is 0.312 e. The van der Waals surface area contributed by atoms with Crippen molar-refractivity contribution in [1.29, 1.82) is 0 Å². The van der Waals surface area contributed by atoms with Gasteiger partial charge in [0.1, 0.15) is 0 Å². The van der Waals surface area contributed by atoms with Gasteiger partial charge in [0, 0.05) is 19.1 Å². The van der Waals surface area contributed by atoms with Crippen molar-refractivity contribution in [2.24, 2.45) is 5.92 Å². The topological polar surface area (TPSA) is 49.4 Å². The van der Waals surface area contributed by atoms with E-state index in [0.717, 1.165) is 13.0 Å². The molecule has 0 spiro atoms. The van der Waals surface area contributed by atoms with E-state index in [1.165, 1.54) is 12.8 Å². The Morgan fingerprint density at radius 1 is 1.11 bits per heavy atom. The van der Waals surface area contributed by atoms with Crippen LogP contribution < -0.4 is 5.32 Å². The van der Waals surface area contributed by atoms with Crippen molar-refractivity contribution in [3.63, 3.8) is 0 Å². The molecule has 2 aliphatic heterocycles. The fourth-order valence-electron chi connectivity index (χ4n) is 3.11. The van der Waals surface area contributed by atoms with E-state index < -0.39 is 10.0 Å². The maximum Gasteiger partial charge on any atom is 0.243 e. The number of benzene rings is 1. The molecule has 2 heterocycles. The highest BCUT2D eigenvalue weighted by Crippen LogP contribution is 2.29. The lowest BCUT2D eigenvalue weighted by Crippen LogP contribution is -2.36. The summed E-state index contributed by atoms with van der Waals surface area (Å²) in [5, 5.41) is 3.49. The first kappa shape index (κ1) is 13.1. The smallest absolute Gasteiger partial charge is 0.243 e. The van der Waals surface area contributed by atoms with E-state index in [1.54, 1.807) is 28.6 Å². The highest BCUT2D eigenvalue weighted by atomic mass is 32.2. The lowest BCUT2D eigenvalue weighted by Gasteiger charge is -2.17. The van der Waals surface area contributed by atoms with Crippen LogP contribution in [0.3, 0.4) is 0 Å². The van der Waals surface area contributed by atoms with E-state index in [1.807, 2.05) is 6.07 Å². The van der Waals surface area contributed by atoms with Gasteiger partial charge in [-0.05, 0) is 37.4 Å². The Bertz CT molecular complexity index is 516. The van der Waals surface area contributed by atoms with Crippen LogP contribution >= 0.6 is 0 Å². The highest BCUT2D eigenvalue weighted by Gasteiger charge is 2.39. The summed E-state index contributed by atoms with van der Waals surface area (Å²) in [5.74, 6) is 0.473. The summed E-state index contributed by atoms with van der Waals surface area (Å²) in [6.07, 6.45) is 3.55.